The zero-order chi connectivity index (χ0) is 19.8. The maximum atomic E-state index is 13.6. The van der Waals surface area contributed by atoms with Crippen LogP contribution in [0.1, 0.15) is 5.82 Å². The Morgan fingerprint density at radius 3 is 2.93 bits per heavy atom. The van der Waals surface area contributed by atoms with Crippen LogP contribution in [-0.2, 0) is 17.9 Å². The van der Waals surface area contributed by atoms with Gasteiger partial charge in [-0.3, -0.25) is 4.79 Å². The molecule has 0 fully saturated rings. The molecule has 2 N–H and O–H groups in total. The van der Waals surface area contributed by atoms with Crippen molar-refractivity contribution in [3.05, 3.63) is 72.6 Å². The second-order valence-corrected chi connectivity index (χ2v) is 6.63. The Kier molecular flexibility index (Phi) is 4.09. The molecule has 1 amide bonds. The topological polar surface area (TPSA) is 88.7 Å². The summed E-state index contributed by atoms with van der Waals surface area (Å²) in [6, 6.07) is 13.9. The number of benzene rings is 2. The summed E-state index contributed by atoms with van der Waals surface area (Å²) >= 11 is 0. The van der Waals surface area contributed by atoms with Crippen molar-refractivity contribution in [3.63, 3.8) is 0 Å². The van der Waals surface area contributed by atoms with Gasteiger partial charge in [0.15, 0.2) is 0 Å². The largest absolute Gasteiger partial charge is 0.443 e. The molecule has 3 heterocycles. The number of aromatic amines is 1. The molecule has 3 aromatic heterocycles. The van der Waals surface area contributed by atoms with Gasteiger partial charge in [-0.25, -0.2) is 14.4 Å². The van der Waals surface area contributed by atoms with Crippen LogP contribution < -0.4 is 5.32 Å². The van der Waals surface area contributed by atoms with Crippen molar-refractivity contribution < 1.29 is 13.6 Å². The second kappa shape index (κ2) is 6.90. The Balaban J connectivity index is 1.40. The average molecular weight is 389 g/mol. The first-order chi connectivity index (χ1) is 14.2. The number of oxazole rings is 1. The minimum Gasteiger partial charge on any atom is -0.443 e. The molecule has 0 bridgehead atoms. The van der Waals surface area contributed by atoms with Crippen LogP contribution in [0.2, 0.25) is 0 Å². The van der Waals surface area contributed by atoms with E-state index in [1.54, 1.807) is 16.7 Å². The van der Waals surface area contributed by atoms with E-state index in [0.29, 0.717) is 22.8 Å². The third kappa shape index (κ3) is 3.25. The number of nitrogens with one attached hydrogen (secondary N) is 2. The van der Waals surface area contributed by atoms with Gasteiger partial charge in [0.1, 0.15) is 30.1 Å². The highest BCUT2D eigenvalue weighted by atomic mass is 19.1. The number of rotatable bonds is 5. The van der Waals surface area contributed by atoms with Crippen LogP contribution in [0.25, 0.3) is 33.5 Å². The Morgan fingerprint density at radius 2 is 2.10 bits per heavy atom. The number of para-hydroxylation sites is 2. The van der Waals surface area contributed by atoms with Gasteiger partial charge in [-0.2, -0.15) is 0 Å². The molecule has 5 rings (SSSR count). The van der Waals surface area contributed by atoms with Crippen molar-refractivity contribution in [2.24, 2.45) is 0 Å². The predicted molar refractivity (Wildman–Crippen MR) is 105 cm³/mol. The van der Waals surface area contributed by atoms with E-state index in [9.17, 15) is 9.18 Å². The standard InChI is InChI=1S/C21H16FN5O2/c22-14-5-6-17-13(9-14)10-18(21-23-7-8-29-21)27(17)12-20(28)24-11-19-25-15-3-1-2-4-16(15)26-19/h1-10H,11-12H2,(H,24,28)(H,25,26). The molecule has 0 aliphatic heterocycles. The molecule has 0 saturated carbocycles. The Morgan fingerprint density at radius 1 is 1.21 bits per heavy atom. The highest BCUT2D eigenvalue weighted by Gasteiger charge is 2.17. The smallest absolute Gasteiger partial charge is 0.243 e. The number of hydrogen-bond donors (Lipinski definition) is 2. The zero-order valence-corrected chi connectivity index (χ0v) is 15.2. The van der Waals surface area contributed by atoms with Crippen LogP contribution >= 0.6 is 0 Å². The maximum absolute atomic E-state index is 13.6. The third-order valence-electron chi connectivity index (χ3n) is 4.71. The molecule has 0 atom stereocenters. The molecule has 7 nitrogen and oxygen atoms in total. The Hall–Kier alpha value is -3.94. The van der Waals surface area contributed by atoms with Crippen LogP contribution in [0, 0.1) is 5.82 Å². The lowest BCUT2D eigenvalue weighted by Crippen LogP contribution is -2.27. The molecule has 0 saturated heterocycles. The normalized spacial score (nSPS) is 11.3. The number of H-pyrrole nitrogens is 1. The van der Waals surface area contributed by atoms with Crippen molar-refractivity contribution in [3.8, 4) is 11.6 Å². The minimum atomic E-state index is -0.344. The molecule has 8 heteroatoms. The zero-order valence-electron chi connectivity index (χ0n) is 15.2. The summed E-state index contributed by atoms with van der Waals surface area (Å²) in [4.78, 5) is 24.4. The molecule has 0 radical (unpaired) electrons. The molecule has 5 aromatic rings. The summed E-state index contributed by atoms with van der Waals surface area (Å²) in [5, 5.41) is 3.54. The van der Waals surface area contributed by atoms with Crippen molar-refractivity contribution >= 4 is 27.8 Å². The predicted octanol–water partition coefficient (Wildman–Crippen LogP) is 3.63. The van der Waals surface area contributed by atoms with Crippen LogP contribution in [0.4, 0.5) is 4.39 Å². The fraction of sp³-hybridized carbons (Fsp3) is 0.0952. The average Bonchev–Trinajstić information content (AvgIpc) is 3.44. The van der Waals surface area contributed by atoms with E-state index >= 15 is 0 Å². The van der Waals surface area contributed by atoms with Crippen molar-refractivity contribution in [2.75, 3.05) is 0 Å². The second-order valence-electron chi connectivity index (χ2n) is 6.63. The number of nitrogens with zero attached hydrogens (tertiary/aromatic N) is 3. The first kappa shape index (κ1) is 17.2. The van der Waals surface area contributed by atoms with Gasteiger partial charge in [0, 0.05) is 10.9 Å². The van der Waals surface area contributed by atoms with E-state index in [0.717, 1.165) is 16.6 Å². The van der Waals surface area contributed by atoms with Crippen molar-refractivity contribution in [1.82, 2.24) is 24.8 Å². The first-order valence-corrected chi connectivity index (χ1v) is 9.06. The van der Waals surface area contributed by atoms with E-state index in [2.05, 4.69) is 20.3 Å². The summed E-state index contributed by atoms with van der Waals surface area (Å²) in [6.45, 7) is 0.308. The third-order valence-corrected chi connectivity index (χ3v) is 4.71. The monoisotopic (exact) mass is 389 g/mol. The molecule has 29 heavy (non-hydrogen) atoms. The quantitative estimate of drug-likeness (QED) is 0.480. The molecule has 144 valence electrons. The summed E-state index contributed by atoms with van der Waals surface area (Å²) in [5.74, 6) is 0.488. The summed E-state index contributed by atoms with van der Waals surface area (Å²) in [5.41, 5.74) is 3.09. The number of amides is 1. The van der Waals surface area contributed by atoms with Crippen LogP contribution in [-0.4, -0.2) is 25.4 Å². The molecule has 0 aliphatic carbocycles. The van der Waals surface area contributed by atoms with Gasteiger partial charge >= 0.3 is 0 Å². The number of hydrogen-bond acceptors (Lipinski definition) is 4. The number of carbonyl (C=O) groups excluding carboxylic acids is 1. The van der Waals surface area contributed by atoms with Gasteiger partial charge < -0.3 is 19.3 Å². The number of imidazole rings is 1. The van der Waals surface area contributed by atoms with E-state index in [4.69, 9.17) is 4.42 Å². The van der Waals surface area contributed by atoms with Crippen molar-refractivity contribution in [1.29, 1.82) is 0 Å². The first-order valence-electron chi connectivity index (χ1n) is 9.06. The van der Waals surface area contributed by atoms with Gasteiger partial charge in [-0.05, 0) is 36.4 Å². The Labute approximate surface area is 164 Å². The van der Waals surface area contributed by atoms with E-state index in [1.807, 2.05) is 24.3 Å². The van der Waals surface area contributed by atoms with Gasteiger partial charge in [0.2, 0.25) is 11.8 Å². The molecular weight excluding hydrogens is 373 g/mol. The number of halogens is 1. The lowest BCUT2D eigenvalue weighted by molar-refractivity contribution is -0.121. The van der Waals surface area contributed by atoms with E-state index in [1.165, 1.54) is 24.6 Å². The number of carbonyl (C=O) groups is 1. The summed E-state index contributed by atoms with van der Waals surface area (Å²) < 4.78 is 20.8. The summed E-state index contributed by atoms with van der Waals surface area (Å²) in [7, 11) is 0. The molecule has 0 aliphatic rings. The molecular formula is C21H16FN5O2. The van der Waals surface area contributed by atoms with Gasteiger partial charge in [-0.1, -0.05) is 12.1 Å². The van der Waals surface area contributed by atoms with E-state index < -0.39 is 0 Å². The fourth-order valence-electron chi connectivity index (χ4n) is 3.41. The van der Waals surface area contributed by atoms with Crippen LogP contribution in [0.3, 0.4) is 0 Å². The fourth-order valence-corrected chi connectivity index (χ4v) is 3.41. The van der Waals surface area contributed by atoms with Gasteiger partial charge in [0.05, 0.1) is 23.8 Å². The lowest BCUT2D eigenvalue weighted by Gasteiger charge is -2.09. The van der Waals surface area contributed by atoms with Crippen molar-refractivity contribution in [2.45, 2.75) is 13.1 Å². The molecule has 0 spiro atoms. The lowest BCUT2D eigenvalue weighted by atomic mass is 10.2. The Bertz CT molecular complexity index is 1290. The highest BCUT2D eigenvalue weighted by Crippen LogP contribution is 2.28. The molecule has 0 unspecified atom stereocenters. The number of aromatic nitrogens is 4. The minimum absolute atomic E-state index is 0.0348. The SMILES string of the molecule is O=C(Cn1c(-c2ncco2)cc2cc(F)ccc21)NCc1nc2ccccc2[nH]1. The van der Waals surface area contributed by atoms with Gasteiger partial charge in [-0.15, -0.1) is 0 Å². The number of fused-ring (bicyclic) bond motifs is 2. The van der Waals surface area contributed by atoms with E-state index in [-0.39, 0.29) is 24.8 Å². The van der Waals surface area contributed by atoms with Gasteiger partial charge in [0.25, 0.3) is 0 Å². The summed E-state index contributed by atoms with van der Waals surface area (Å²) in [6.07, 6.45) is 2.99. The maximum Gasteiger partial charge on any atom is 0.243 e. The van der Waals surface area contributed by atoms with Crippen LogP contribution in [0.5, 0.6) is 0 Å². The molecule has 2 aromatic carbocycles. The highest BCUT2D eigenvalue weighted by molar-refractivity contribution is 5.88. The van der Waals surface area contributed by atoms with Crippen LogP contribution in [0.15, 0.2) is 65.4 Å².